The van der Waals surface area contributed by atoms with Gasteiger partial charge in [0.05, 0.1) is 10.2 Å². The molecule has 110 valence electrons. The third-order valence-corrected chi connectivity index (χ3v) is 5.47. The first-order valence-electron chi connectivity index (χ1n) is 7.29. The lowest BCUT2D eigenvalue weighted by atomic mass is 10.1. The average Bonchev–Trinajstić information content (AvgIpc) is 2.88. The van der Waals surface area contributed by atoms with Gasteiger partial charge in [-0.25, -0.2) is 4.39 Å². The SMILES string of the molecule is CC1CN2CCCC2CN1c1ccc(CN)c(Br)c1F. The molecule has 2 unspecified atom stereocenters. The van der Waals surface area contributed by atoms with Gasteiger partial charge >= 0.3 is 0 Å². The van der Waals surface area contributed by atoms with Gasteiger partial charge in [-0.1, -0.05) is 6.07 Å². The predicted octanol–water partition coefficient (Wildman–Crippen LogP) is 2.72. The number of piperazine rings is 1. The van der Waals surface area contributed by atoms with E-state index < -0.39 is 0 Å². The highest BCUT2D eigenvalue weighted by atomic mass is 79.9. The Balaban J connectivity index is 1.90. The van der Waals surface area contributed by atoms with Crippen LogP contribution in [0.15, 0.2) is 16.6 Å². The van der Waals surface area contributed by atoms with E-state index in [9.17, 15) is 4.39 Å². The fourth-order valence-electron chi connectivity index (χ4n) is 3.48. The van der Waals surface area contributed by atoms with Crippen LogP contribution in [0.4, 0.5) is 10.1 Å². The molecule has 0 bridgehead atoms. The molecule has 3 rings (SSSR count). The Kier molecular flexibility index (Phi) is 4.02. The van der Waals surface area contributed by atoms with Crippen LogP contribution in [0.3, 0.4) is 0 Å². The van der Waals surface area contributed by atoms with E-state index in [1.54, 1.807) is 0 Å². The molecule has 0 spiro atoms. The summed E-state index contributed by atoms with van der Waals surface area (Å²) in [6.07, 6.45) is 2.50. The summed E-state index contributed by atoms with van der Waals surface area (Å²) in [4.78, 5) is 4.76. The van der Waals surface area contributed by atoms with Crippen LogP contribution in [0, 0.1) is 5.82 Å². The molecule has 2 N–H and O–H groups in total. The van der Waals surface area contributed by atoms with E-state index in [-0.39, 0.29) is 5.82 Å². The molecular formula is C15H21BrFN3. The van der Waals surface area contributed by atoms with Crippen molar-refractivity contribution >= 4 is 21.6 Å². The molecule has 2 heterocycles. The Morgan fingerprint density at radius 1 is 1.40 bits per heavy atom. The highest BCUT2D eigenvalue weighted by molar-refractivity contribution is 9.10. The average molecular weight is 342 g/mol. The summed E-state index contributed by atoms with van der Waals surface area (Å²) in [5, 5.41) is 0. The second-order valence-electron chi connectivity index (χ2n) is 5.87. The number of nitrogens with two attached hydrogens (primary N) is 1. The Hall–Kier alpha value is -0.650. The van der Waals surface area contributed by atoms with E-state index in [0.29, 0.717) is 28.8 Å². The molecule has 2 atom stereocenters. The number of nitrogens with zero attached hydrogens (tertiary/aromatic N) is 2. The Bertz CT molecular complexity index is 508. The molecule has 0 radical (unpaired) electrons. The van der Waals surface area contributed by atoms with Crippen LogP contribution >= 0.6 is 15.9 Å². The van der Waals surface area contributed by atoms with Gasteiger partial charge in [0.1, 0.15) is 0 Å². The van der Waals surface area contributed by atoms with E-state index >= 15 is 0 Å². The van der Waals surface area contributed by atoms with E-state index in [1.165, 1.54) is 19.4 Å². The van der Waals surface area contributed by atoms with Gasteiger partial charge in [-0.05, 0) is 53.9 Å². The van der Waals surface area contributed by atoms with E-state index in [1.807, 2.05) is 12.1 Å². The summed E-state index contributed by atoms with van der Waals surface area (Å²) in [5.74, 6) is -0.175. The number of anilines is 1. The Morgan fingerprint density at radius 2 is 2.20 bits per heavy atom. The molecular weight excluding hydrogens is 321 g/mol. The van der Waals surface area contributed by atoms with Gasteiger partial charge in [-0.15, -0.1) is 0 Å². The van der Waals surface area contributed by atoms with Crippen molar-refractivity contribution in [1.82, 2.24) is 4.90 Å². The van der Waals surface area contributed by atoms with Crippen LogP contribution in [-0.4, -0.2) is 36.6 Å². The van der Waals surface area contributed by atoms with Crippen molar-refractivity contribution in [2.75, 3.05) is 24.5 Å². The summed E-state index contributed by atoms with van der Waals surface area (Å²) in [5.41, 5.74) is 7.15. The third-order valence-electron chi connectivity index (χ3n) is 4.61. The smallest absolute Gasteiger partial charge is 0.160 e. The molecule has 0 amide bonds. The number of hydrogen-bond acceptors (Lipinski definition) is 3. The van der Waals surface area contributed by atoms with Crippen LogP contribution in [0.5, 0.6) is 0 Å². The standard InChI is InChI=1S/C15H21BrFN3/c1-10-8-19-6-2-3-12(19)9-20(10)13-5-4-11(7-18)14(16)15(13)17/h4-5,10,12H,2-3,6-9,18H2,1H3. The van der Waals surface area contributed by atoms with Crippen molar-refractivity contribution in [3.63, 3.8) is 0 Å². The van der Waals surface area contributed by atoms with Gasteiger partial charge in [0.15, 0.2) is 5.82 Å². The minimum Gasteiger partial charge on any atom is -0.364 e. The summed E-state index contributed by atoms with van der Waals surface area (Å²) in [6.45, 7) is 5.68. The van der Waals surface area contributed by atoms with Gasteiger partial charge in [0, 0.05) is 31.7 Å². The molecule has 0 saturated carbocycles. The van der Waals surface area contributed by atoms with Crippen molar-refractivity contribution in [3.8, 4) is 0 Å². The minimum atomic E-state index is -0.175. The summed E-state index contributed by atoms with van der Waals surface area (Å²) in [7, 11) is 0. The monoisotopic (exact) mass is 341 g/mol. The van der Waals surface area contributed by atoms with Gasteiger partial charge < -0.3 is 10.6 Å². The lowest BCUT2D eigenvalue weighted by molar-refractivity contribution is 0.202. The molecule has 3 nitrogen and oxygen atoms in total. The van der Waals surface area contributed by atoms with Crippen molar-refractivity contribution in [2.24, 2.45) is 5.73 Å². The quantitative estimate of drug-likeness (QED) is 0.897. The molecule has 1 aromatic carbocycles. The van der Waals surface area contributed by atoms with Crippen molar-refractivity contribution in [1.29, 1.82) is 0 Å². The number of rotatable bonds is 2. The summed E-state index contributed by atoms with van der Waals surface area (Å²) < 4.78 is 15.1. The van der Waals surface area contributed by atoms with Gasteiger partial charge in [-0.2, -0.15) is 0 Å². The zero-order valence-corrected chi connectivity index (χ0v) is 13.4. The van der Waals surface area contributed by atoms with Gasteiger partial charge in [0.2, 0.25) is 0 Å². The van der Waals surface area contributed by atoms with E-state index in [2.05, 4.69) is 32.7 Å². The number of halogens is 2. The molecule has 0 aliphatic carbocycles. The number of benzene rings is 1. The summed E-state index contributed by atoms with van der Waals surface area (Å²) in [6, 6.07) is 4.73. The molecule has 2 aliphatic rings. The number of fused-ring (bicyclic) bond motifs is 1. The minimum absolute atomic E-state index is 0.175. The summed E-state index contributed by atoms with van der Waals surface area (Å²) >= 11 is 3.34. The van der Waals surface area contributed by atoms with Crippen LogP contribution in [0.2, 0.25) is 0 Å². The maximum Gasteiger partial charge on any atom is 0.160 e. The zero-order chi connectivity index (χ0) is 14.3. The fourth-order valence-corrected chi connectivity index (χ4v) is 3.98. The number of hydrogen-bond donors (Lipinski definition) is 1. The maximum atomic E-state index is 14.6. The first-order valence-corrected chi connectivity index (χ1v) is 8.08. The van der Waals surface area contributed by atoms with Crippen molar-refractivity contribution in [3.05, 3.63) is 28.0 Å². The molecule has 20 heavy (non-hydrogen) atoms. The van der Waals surface area contributed by atoms with E-state index in [4.69, 9.17) is 5.73 Å². The van der Waals surface area contributed by atoms with Crippen molar-refractivity contribution < 1.29 is 4.39 Å². The Morgan fingerprint density at radius 3 is 2.95 bits per heavy atom. The van der Waals surface area contributed by atoms with Crippen molar-refractivity contribution in [2.45, 2.75) is 38.4 Å². The Labute approximate surface area is 128 Å². The largest absolute Gasteiger partial charge is 0.364 e. The second-order valence-corrected chi connectivity index (χ2v) is 6.66. The molecule has 0 aromatic heterocycles. The zero-order valence-electron chi connectivity index (χ0n) is 11.8. The second kappa shape index (κ2) is 5.62. The maximum absolute atomic E-state index is 14.6. The lowest BCUT2D eigenvalue weighted by Crippen LogP contribution is -2.55. The molecule has 2 aliphatic heterocycles. The molecule has 5 heteroatoms. The van der Waals surface area contributed by atoms with Gasteiger partial charge in [0.25, 0.3) is 0 Å². The lowest BCUT2D eigenvalue weighted by Gasteiger charge is -2.43. The molecule has 1 aromatic rings. The first kappa shape index (κ1) is 14.3. The normalized spacial score (nSPS) is 26.9. The molecule has 2 fully saturated rings. The van der Waals surface area contributed by atoms with E-state index in [0.717, 1.165) is 18.7 Å². The highest BCUT2D eigenvalue weighted by Gasteiger charge is 2.35. The van der Waals surface area contributed by atoms with Crippen LogP contribution < -0.4 is 10.6 Å². The third kappa shape index (κ3) is 2.36. The van der Waals surface area contributed by atoms with Gasteiger partial charge in [-0.3, -0.25) is 4.90 Å². The predicted molar refractivity (Wildman–Crippen MR) is 83.4 cm³/mol. The topological polar surface area (TPSA) is 32.5 Å². The van der Waals surface area contributed by atoms with Crippen LogP contribution in [0.25, 0.3) is 0 Å². The van der Waals surface area contributed by atoms with Crippen LogP contribution in [0.1, 0.15) is 25.3 Å². The van der Waals surface area contributed by atoms with Crippen LogP contribution in [-0.2, 0) is 6.54 Å². The fraction of sp³-hybridized carbons (Fsp3) is 0.600. The highest BCUT2D eigenvalue weighted by Crippen LogP contribution is 2.34. The molecule has 2 saturated heterocycles. The first-order chi connectivity index (χ1) is 9.61.